The second-order valence-corrected chi connectivity index (χ2v) is 3.38. The van der Waals surface area contributed by atoms with E-state index >= 15 is 0 Å². The Bertz CT molecular complexity index is 141. The molecule has 0 spiro atoms. The SMILES string of the molecule is O=S(=O)(O)CCCS.[KH]. The zero-order valence-electron chi connectivity index (χ0n) is 4.24. The van der Waals surface area contributed by atoms with Crippen LogP contribution in [0.5, 0.6) is 0 Å². The van der Waals surface area contributed by atoms with Crippen LogP contribution in [0.1, 0.15) is 6.42 Å². The number of hydrogen-bond donors (Lipinski definition) is 2. The fourth-order valence-electron chi connectivity index (χ4n) is 0.247. The Morgan fingerprint density at radius 1 is 1.44 bits per heavy atom. The molecule has 0 bridgehead atoms. The molecule has 0 aromatic rings. The second-order valence-electron chi connectivity index (χ2n) is 1.36. The van der Waals surface area contributed by atoms with Gasteiger partial charge in [0.15, 0.2) is 0 Å². The van der Waals surface area contributed by atoms with Crippen molar-refractivity contribution in [1.29, 1.82) is 0 Å². The van der Waals surface area contributed by atoms with E-state index in [1.165, 1.54) is 0 Å². The van der Waals surface area contributed by atoms with Gasteiger partial charge in [-0.25, -0.2) is 0 Å². The van der Waals surface area contributed by atoms with Gasteiger partial charge in [-0.05, 0) is 12.2 Å². The van der Waals surface area contributed by atoms with Crippen molar-refractivity contribution in [2.24, 2.45) is 0 Å². The van der Waals surface area contributed by atoms with Gasteiger partial charge in [0, 0.05) is 0 Å². The molecular weight excluding hydrogens is 187 g/mol. The first-order chi connectivity index (χ1) is 3.56. The summed E-state index contributed by atoms with van der Waals surface area (Å²) in [6, 6.07) is 0. The summed E-state index contributed by atoms with van der Waals surface area (Å²) >= 11 is 3.76. The fraction of sp³-hybridized carbons (Fsp3) is 1.00. The van der Waals surface area contributed by atoms with Crippen molar-refractivity contribution in [1.82, 2.24) is 0 Å². The molecule has 0 aromatic heterocycles. The van der Waals surface area contributed by atoms with Gasteiger partial charge in [-0.2, -0.15) is 21.0 Å². The molecule has 0 radical (unpaired) electrons. The third-order valence-corrected chi connectivity index (χ3v) is 1.68. The molecule has 0 heterocycles. The van der Waals surface area contributed by atoms with Crippen LogP contribution >= 0.6 is 12.6 Å². The summed E-state index contributed by atoms with van der Waals surface area (Å²) in [7, 11) is -3.74. The summed E-state index contributed by atoms with van der Waals surface area (Å²) < 4.78 is 27.9. The monoisotopic (exact) mass is 196 g/mol. The van der Waals surface area contributed by atoms with Gasteiger partial charge in [-0.15, -0.1) is 0 Å². The number of rotatable bonds is 3. The van der Waals surface area contributed by atoms with Crippen LogP contribution in [0.3, 0.4) is 0 Å². The average Bonchev–Trinajstić information content (AvgIpc) is 1.59. The summed E-state index contributed by atoms with van der Waals surface area (Å²) in [6.45, 7) is 0. The van der Waals surface area contributed by atoms with Crippen molar-refractivity contribution in [2.75, 3.05) is 11.5 Å². The molecule has 0 aromatic carbocycles. The summed E-state index contributed by atoms with van der Waals surface area (Å²) in [5.41, 5.74) is 0. The van der Waals surface area contributed by atoms with E-state index < -0.39 is 10.1 Å². The van der Waals surface area contributed by atoms with Crippen molar-refractivity contribution in [3.63, 3.8) is 0 Å². The predicted molar refractivity (Wildman–Crippen MR) is 42.0 cm³/mol. The molecule has 1 N–H and O–H groups in total. The molecule has 0 unspecified atom stereocenters. The van der Waals surface area contributed by atoms with E-state index in [4.69, 9.17) is 4.55 Å². The molecule has 3 nitrogen and oxygen atoms in total. The zero-order valence-corrected chi connectivity index (χ0v) is 5.95. The van der Waals surface area contributed by atoms with E-state index in [0.717, 1.165) is 0 Å². The van der Waals surface area contributed by atoms with Gasteiger partial charge in [0.25, 0.3) is 10.1 Å². The Morgan fingerprint density at radius 3 is 2.00 bits per heavy atom. The van der Waals surface area contributed by atoms with E-state index in [1.807, 2.05) is 0 Å². The molecule has 0 aliphatic carbocycles. The fourth-order valence-corrected chi connectivity index (χ4v) is 1.13. The standard InChI is InChI=1S/C3H8O3S2.K.H/c4-8(5,6)3-1-2-7;;/h7H,1-3H2,(H,4,5,6);;. The Balaban J connectivity index is 0. The molecule has 0 saturated heterocycles. The molecule has 0 atom stereocenters. The first-order valence-corrected chi connectivity index (χ1v) is 4.36. The Labute approximate surface area is 103 Å². The molecule has 0 fully saturated rings. The minimum absolute atomic E-state index is 0. The Kier molecular flexibility index (Phi) is 9.88. The quantitative estimate of drug-likeness (QED) is 0.365. The van der Waals surface area contributed by atoms with Crippen molar-refractivity contribution in [2.45, 2.75) is 6.42 Å². The van der Waals surface area contributed by atoms with E-state index in [-0.39, 0.29) is 57.1 Å². The van der Waals surface area contributed by atoms with Gasteiger partial charge in [0.1, 0.15) is 0 Å². The van der Waals surface area contributed by atoms with Crippen LogP contribution in [0.2, 0.25) is 0 Å². The number of hydrogen-bond acceptors (Lipinski definition) is 3. The van der Waals surface area contributed by atoms with Crippen molar-refractivity contribution in [3.05, 3.63) is 0 Å². The summed E-state index contributed by atoms with van der Waals surface area (Å²) in [4.78, 5) is 0. The minimum atomic E-state index is -3.74. The molecule has 0 aliphatic heterocycles. The van der Waals surface area contributed by atoms with Crippen LogP contribution in [0.25, 0.3) is 0 Å². The predicted octanol–water partition coefficient (Wildman–Crippen LogP) is -0.454. The molecule has 6 heteroatoms. The summed E-state index contributed by atoms with van der Waals surface area (Å²) in [5.74, 6) is 0.302. The van der Waals surface area contributed by atoms with E-state index in [0.29, 0.717) is 12.2 Å². The molecule has 52 valence electrons. The summed E-state index contributed by atoms with van der Waals surface area (Å²) in [5, 5.41) is 0. The summed E-state index contributed by atoms with van der Waals surface area (Å²) in [6.07, 6.45) is 0.405. The van der Waals surface area contributed by atoms with Gasteiger partial charge >= 0.3 is 51.4 Å². The van der Waals surface area contributed by atoms with Crippen LogP contribution in [-0.2, 0) is 10.1 Å². The van der Waals surface area contributed by atoms with Crippen LogP contribution in [-0.4, -0.2) is 75.9 Å². The maximum atomic E-state index is 9.91. The van der Waals surface area contributed by atoms with Crippen LogP contribution in [0.4, 0.5) is 0 Å². The van der Waals surface area contributed by atoms with Gasteiger partial charge in [-0.3, -0.25) is 4.55 Å². The van der Waals surface area contributed by atoms with E-state index in [2.05, 4.69) is 12.6 Å². The molecule has 9 heavy (non-hydrogen) atoms. The molecule has 0 aliphatic rings. The normalized spacial score (nSPS) is 10.4. The Hall–Kier alpha value is 1.90. The third kappa shape index (κ3) is 13.0. The van der Waals surface area contributed by atoms with E-state index in [9.17, 15) is 8.42 Å². The van der Waals surface area contributed by atoms with Crippen LogP contribution in [0, 0.1) is 0 Å². The molecular formula is C3H9KO3S2. The van der Waals surface area contributed by atoms with Crippen LogP contribution < -0.4 is 0 Å². The Morgan fingerprint density at radius 2 is 1.89 bits per heavy atom. The van der Waals surface area contributed by atoms with Crippen LogP contribution in [0.15, 0.2) is 0 Å². The van der Waals surface area contributed by atoms with Gasteiger partial charge < -0.3 is 0 Å². The van der Waals surface area contributed by atoms with Gasteiger partial charge in [0.2, 0.25) is 0 Å². The van der Waals surface area contributed by atoms with Gasteiger partial charge in [-0.1, -0.05) is 0 Å². The molecule has 0 saturated carbocycles. The molecule has 0 rings (SSSR count). The topological polar surface area (TPSA) is 54.4 Å². The zero-order chi connectivity index (χ0) is 6.62. The third-order valence-electron chi connectivity index (χ3n) is 0.560. The number of thiol groups is 1. The maximum absolute atomic E-state index is 9.91. The van der Waals surface area contributed by atoms with Crippen molar-refractivity contribution < 1.29 is 13.0 Å². The second kappa shape index (κ2) is 6.60. The first-order valence-electron chi connectivity index (χ1n) is 2.12. The van der Waals surface area contributed by atoms with Crippen molar-refractivity contribution >= 4 is 74.1 Å². The first kappa shape index (κ1) is 13.5. The molecule has 0 amide bonds. The van der Waals surface area contributed by atoms with E-state index in [1.54, 1.807) is 0 Å². The van der Waals surface area contributed by atoms with Gasteiger partial charge in [0.05, 0.1) is 5.75 Å². The van der Waals surface area contributed by atoms with Crippen molar-refractivity contribution in [3.8, 4) is 0 Å². The average molecular weight is 196 g/mol.